The van der Waals surface area contributed by atoms with E-state index in [1.54, 1.807) is 0 Å². The van der Waals surface area contributed by atoms with E-state index < -0.39 is 0 Å². The zero-order valence-electron chi connectivity index (χ0n) is 11.9. The smallest absolute Gasteiger partial charge is 0.0317 e. The van der Waals surface area contributed by atoms with Crippen molar-refractivity contribution in [3.05, 3.63) is 35.9 Å². The van der Waals surface area contributed by atoms with E-state index >= 15 is 0 Å². The van der Waals surface area contributed by atoms with Crippen LogP contribution in [0, 0.1) is 0 Å². The first-order valence-corrected chi connectivity index (χ1v) is 6.60. The summed E-state index contributed by atoms with van der Waals surface area (Å²) in [5, 5.41) is 3.32. The van der Waals surface area contributed by atoms with Crippen molar-refractivity contribution >= 4 is 0 Å². The molecule has 96 valence electrons. The van der Waals surface area contributed by atoms with Gasteiger partial charge in [0.2, 0.25) is 0 Å². The molecule has 0 aromatic heterocycles. The average Bonchev–Trinajstić information content (AvgIpc) is 2.41. The first-order chi connectivity index (χ1) is 7.88. The Balaban J connectivity index is -0.000000355. The summed E-state index contributed by atoms with van der Waals surface area (Å²) in [6, 6.07) is 11.1. The minimum atomic E-state index is 0. The van der Waals surface area contributed by atoms with Crippen LogP contribution in [0.1, 0.15) is 60.5 Å². The first-order valence-electron chi connectivity index (χ1n) is 6.60. The highest BCUT2D eigenvalue weighted by molar-refractivity contribution is 5.18. The van der Waals surface area contributed by atoms with Crippen molar-refractivity contribution in [2.45, 2.75) is 53.5 Å². The lowest BCUT2D eigenvalue weighted by molar-refractivity contribution is 0.541. The summed E-state index contributed by atoms with van der Waals surface area (Å²) in [6.45, 7) is 10.2. The highest BCUT2D eigenvalue weighted by atomic mass is 14.9. The molecular formula is C15H31N. The standard InChI is InChI=1S/C11H17N.2C2H6.H2/c1-3-7-11(12-2)10-8-5-4-6-9-10;2*1-2;/h4-6,8-9,11-12H,3,7H2,1-2H3;2*1-2H3;1H. The monoisotopic (exact) mass is 225 g/mol. The summed E-state index contributed by atoms with van der Waals surface area (Å²) < 4.78 is 0. The van der Waals surface area contributed by atoms with Crippen molar-refractivity contribution in [1.82, 2.24) is 5.32 Å². The first kappa shape index (κ1) is 17.6. The Bertz CT molecular complexity index is 211. The van der Waals surface area contributed by atoms with Gasteiger partial charge < -0.3 is 5.32 Å². The Hall–Kier alpha value is -0.820. The molecule has 0 aliphatic rings. The molecule has 1 rings (SSSR count). The molecule has 0 bridgehead atoms. The van der Waals surface area contributed by atoms with Gasteiger partial charge in [-0.3, -0.25) is 0 Å². The zero-order valence-corrected chi connectivity index (χ0v) is 11.9. The van der Waals surface area contributed by atoms with Gasteiger partial charge in [-0.25, -0.2) is 0 Å². The maximum absolute atomic E-state index is 3.32. The predicted octanol–water partition coefficient (Wildman–Crippen LogP) is 5.05. The minimum absolute atomic E-state index is 0. The molecule has 1 atom stereocenters. The van der Waals surface area contributed by atoms with Crippen LogP contribution in [0.15, 0.2) is 30.3 Å². The normalized spacial score (nSPS) is 10.4. The van der Waals surface area contributed by atoms with Crippen LogP contribution in [0.2, 0.25) is 0 Å². The second-order valence-electron chi connectivity index (χ2n) is 3.04. The van der Waals surface area contributed by atoms with Gasteiger partial charge in [-0.05, 0) is 19.0 Å². The van der Waals surface area contributed by atoms with E-state index in [0.29, 0.717) is 6.04 Å². The molecule has 0 spiro atoms. The Labute approximate surface area is 104 Å². The minimum Gasteiger partial charge on any atom is -0.313 e. The third-order valence-corrected chi connectivity index (χ3v) is 2.13. The van der Waals surface area contributed by atoms with Gasteiger partial charge in [0.1, 0.15) is 0 Å². The molecule has 16 heavy (non-hydrogen) atoms. The van der Waals surface area contributed by atoms with Gasteiger partial charge in [0.05, 0.1) is 0 Å². The van der Waals surface area contributed by atoms with E-state index in [4.69, 9.17) is 0 Å². The quantitative estimate of drug-likeness (QED) is 0.756. The van der Waals surface area contributed by atoms with Gasteiger partial charge in [-0.1, -0.05) is 71.4 Å². The van der Waals surface area contributed by atoms with Gasteiger partial charge in [-0.15, -0.1) is 0 Å². The molecule has 1 nitrogen and oxygen atoms in total. The van der Waals surface area contributed by atoms with E-state index in [9.17, 15) is 0 Å². The lowest BCUT2D eigenvalue weighted by Crippen LogP contribution is -2.15. The Kier molecular flexibility index (Phi) is 15.6. The van der Waals surface area contributed by atoms with Crippen LogP contribution in [-0.4, -0.2) is 7.05 Å². The van der Waals surface area contributed by atoms with Crippen LogP contribution in [0.25, 0.3) is 0 Å². The van der Waals surface area contributed by atoms with Gasteiger partial charge in [0.25, 0.3) is 0 Å². The SMILES string of the molecule is CC.CC.CCCC(NC)c1ccccc1.[HH]. The Morgan fingerprint density at radius 3 is 1.94 bits per heavy atom. The molecule has 1 heteroatoms. The van der Waals surface area contributed by atoms with E-state index in [0.717, 1.165) is 0 Å². The van der Waals surface area contributed by atoms with Crippen molar-refractivity contribution in [1.29, 1.82) is 0 Å². The van der Waals surface area contributed by atoms with Crippen LogP contribution in [-0.2, 0) is 0 Å². The number of hydrogen-bond donors (Lipinski definition) is 1. The summed E-state index contributed by atoms with van der Waals surface area (Å²) in [5.41, 5.74) is 1.39. The lowest BCUT2D eigenvalue weighted by Gasteiger charge is -2.14. The maximum Gasteiger partial charge on any atom is 0.0317 e. The molecule has 0 fully saturated rings. The largest absolute Gasteiger partial charge is 0.313 e. The van der Waals surface area contributed by atoms with Crippen molar-refractivity contribution in [2.75, 3.05) is 7.05 Å². The molecule has 1 aromatic carbocycles. The summed E-state index contributed by atoms with van der Waals surface area (Å²) in [5.74, 6) is 0. The van der Waals surface area contributed by atoms with Crippen molar-refractivity contribution in [3.8, 4) is 0 Å². The van der Waals surface area contributed by atoms with Gasteiger partial charge >= 0.3 is 0 Å². The van der Waals surface area contributed by atoms with E-state index in [2.05, 4.69) is 42.6 Å². The predicted molar refractivity (Wildman–Crippen MR) is 78.0 cm³/mol. The van der Waals surface area contributed by atoms with Crippen molar-refractivity contribution in [3.63, 3.8) is 0 Å². The second kappa shape index (κ2) is 14.2. The summed E-state index contributed by atoms with van der Waals surface area (Å²) in [6.07, 6.45) is 2.43. The molecular weight excluding hydrogens is 194 g/mol. The van der Waals surface area contributed by atoms with Crippen LogP contribution in [0.5, 0.6) is 0 Å². The number of benzene rings is 1. The Morgan fingerprint density at radius 1 is 1.06 bits per heavy atom. The molecule has 0 amide bonds. The van der Waals surface area contributed by atoms with Crippen LogP contribution < -0.4 is 5.32 Å². The van der Waals surface area contributed by atoms with Gasteiger partial charge in [-0.2, -0.15) is 0 Å². The van der Waals surface area contributed by atoms with E-state index in [1.807, 2.05) is 34.7 Å². The number of nitrogens with one attached hydrogen (secondary N) is 1. The summed E-state index contributed by atoms with van der Waals surface area (Å²) >= 11 is 0. The van der Waals surface area contributed by atoms with E-state index in [1.165, 1.54) is 18.4 Å². The van der Waals surface area contributed by atoms with Gasteiger partial charge in [0.15, 0.2) is 0 Å². The van der Waals surface area contributed by atoms with Crippen molar-refractivity contribution < 1.29 is 1.43 Å². The van der Waals surface area contributed by atoms with Crippen LogP contribution in [0.3, 0.4) is 0 Å². The number of hydrogen-bond acceptors (Lipinski definition) is 1. The third-order valence-electron chi connectivity index (χ3n) is 2.13. The average molecular weight is 225 g/mol. The molecule has 1 N–H and O–H groups in total. The topological polar surface area (TPSA) is 12.0 Å². The molecule has 0 aliphatic heterocycles. The molecule has 0 aliphatic carbocycles. The summed E-state index contributed by atoms with van der Waals surface area (Å²) in [4.78, 5) is 0. The lowest BCUT2D eigenvalue weighted by atomic mass is 10.0. The molecule has 0 radical (unpaired) electrons. The number of rotatable bonds is 4. The zero-order chi connectivity index (χ0) is 12.8. The molecule has 0 saturated carbocycles. The fourth-order valence-corrected chi connectivity index (χ4v) is 1.45. The molecule has 1 unspecified atom stereocenters. The fourth-order valence-electron chi connectivity index (χ4n) is 1.45. The fraction of sp³-hybridized carbons (Fsp3) is 0.600. The summed E-state index contributed by atoms with van der Waals surface area (Å²) in [7, 11) is 2.02. The van der Waals surface area contributed by atoms with Crippen LogP contribution in [0.4, 0.5) is 0 Å². The molecule has 1 aromatic rings. The van der Waals surface area contributed by atoms with Crippen LogP contribution >= 0.6 is 0 Å². The van der Waals surface area contributed by atoms with Crippen molar-refractivity contribution in [2.24, 2.45) is 0 Å². The second-order valence-corrected chi connectivity index (χ2v) is 3.04. The highest BCUT2D eigenvalue weighted by Gasteiger charge is 2.05. The molecule has 0 heterocycles. The molecule has 0 saturated heterocycles. The maximum atomic E-state index is 3.32. The van der Waals surface area contributed by atoms with E-state index in [-0.39, 0.29) is 1.43 Å². The highest BCUT2D eigenvalue weighted by Crippen LogP contribution is 2.16. The Morgan fingerprint density at radius 2 is 1.56 bits per heavy atom. The van der Waals surface area contributed by atoms with Gasteiger partial charge in [0, 0.05) is 7.47 Å². The third kappa shape index (κ3) is 7.47.